The van der Waals surface area contributed by atoms with Crippen LogP contribution in [-0.4, -0.2) is 16.8 Å². The number of carbonyl (C=O) groups is 1. The van der Waals surface area contributed by atoms with Gasteiger partial charge in [0.25, 0.3) is 5.91 Å². The van der Waals surface area contributed by atoms with Gasteiger partial charge in [0.1, 0.15) is 10.1 Å². The van der Waals surface area contributed by atoms with Crippen molar-refractivity contribution in [3.63, 3.8) is 0 Å². The summed E-state index contributed by atoms with van der Waals surface area (Å²) in [6.07, 6.45) is 2.79. The van der Waals surface area contributed by atoms with Crippen LogP contribution in [0.1, 0.15) is 11.1 Å². The largest absolute Gasteiger partial charge is 0.493 e. The van der Waals surface area contributed by atoms with Gasteiger partial charge in [-0.05, 0) is 29.3 Å². The van der Waals surface area contributed by atoms with Crippen molar-refractivity contribution in [3.05, 3.63) is 34.2 Å². The van der Waals surface area contributed by atoms with Crippen molar-refractivity contribution >= 4 is 40.3 Å². The lowest BCUT2D eigenvalue weighted by Gasteiger charge is -2.00. The number of thiocarbonyl (C=S) groups is 1. The summed E-state index contributed by atoms with van der Waals surface area (Å²) >= 11 is 6.24. The summed E-state index contributed by atoms with van der Waals surface area (Å²) < 4.78 is 5.95. The Morgan fingerprint density at radius 3 is 3.12 bits per heavy atom. The molecule has 2 heterocycles. The van der Waals surface area contributed by atoms with E-state index >= 15 is 0 Å². The second-order valence-corrected chi connectivity index (χ2v) is 5.54. The highest BCUT2D eigenvalue weighted by molar-refractivity contribution is 8.26. The monoisotopic (exact) mass is 263 g/mol. The third kappa shape index (κ3) is 2.08. The zero-order chi connectivity index (χ0) is 11.8. The van der Waals surface area contributed by atoms with Crippen LogP contribution < -0.4 is 10.1 Å². The van der Waals surface area contributed by atoms with Gasteiger partial charge in [0.05, 0.1) is 11.5 Å². The Morgan fingerprint density at radius 2 is 2.35 bits per heavy atom. The first-order chi connectivity index (χ1) is 8.22. The number of nitrogens with one attached hydrogen (secondary N) is 1. The molecule has 0 bridgehead atoms. The maximum absolute atomic E-state index is 11.5. The van der Waals surface area contributed by atoms with Gasteiger partial charge in [-0.2, -0.15) is 0 Å². The molecule has 0 aromatic heterocycles. The van der Waals surface area contributed by atoms with Crippen molar-refractivity contribution in [2.75, 3.05) is 6.61 Å². The number of ether oxygens (including phenoxy) is 1. The van der Waals surface area contributed by atoms with Crippen LogP contribution in [0.5, 0.6) is 5.75 Å². The molecule has 5 heteroatoms. The minimum atomic E-state index is -0.114. The van der Waals surface area contributed by atoms with Gasteiger partial charge >= 0.3 is 0 Å². The molecule has 17 heavy (non-hydrogen) atoms. The number of carbonyl (C=O) groups excluding carboxylic acids is 1. The van der Waals surface area contributed by atoms with E-state index in [9.17, 15) is 4.79 Å². The molecule has 3 nitrogen and oxygen atoms in total. The van der Waals surface area contributed by atoms with Gasteiger partial charge in [-0.25, -0.2) is 0 Å². The Kier molecular flexibility index (Phi) is 2.64. The molecule has 2 aliphatic heterocycles. The minimum Gasteiger partial charge on any atom is -0.493 e. The minimum absolute atomic E-state index is 0.114. The maximum atomic E-state index is 11.5. The topological polar surface area (TPSA) is 38.3 Å². The quantitative estimate of drug-likeness (QED) is 0.622. The fourth-order valence-electron chi connectivity index (χ4n) is 1.87. The molecule has 0 unspecified atom stereocenters. The SMILES string of the molecule is O=C1NC(=S)S/C1=C/c1ccc2c(c1)CCO2. The van der Waals surface area contributed by atoms with E-state index < -0.39 is 0 Å². The molecular weight excluding hydrogens is 254 g/mol. The molecule has 0 radical (unpaired) electrons. The van der Waals surface area contributed by atoms with E-state index in [0.29, 0.717) is 9.23 Å². The zero-order valence-corrected chi connectivity index (χ0v) is 10.5. The number of rotatable bonds is 1. The summed E-state index contributed by atoms with van der Waals surface area (Å²) in [6, 6.07) is 5.96. The highest BCUT2D eigenvalue weighted by atomic mass is 32.2. The van der Waals surface area contributed by atoms with Gasteiger partial charge in [-0.3, -0.25) is 4.79 Å². The number of fused-ring (bicyclic) bond motifs is 1. The number of hydrogen-bond acceptors (Lipinski definition) is 4. The molecule has 0 saturated carbocycles. The van der Waals surface area contributed by atoms with Crippen LogP contribution >= 0.6 is 24.0 Å². The smallest absolute Gasteiger partial charge is 0.263 e. The first-order valence-electron chi connectivity index (χ1n) is 5.23. The molecule has 1 N–H and O–H groups in total. The molecule has 1 saturated heterocycles. The van der Waals surface area contributed by atoms with Gasteiger partial charge < -0.3 is 10.1 Å². The van der Waals surface area contributed by atoms with Gasteiger partial charge in [-0.1, -0.05) is 30.0 Å². The molecule has 2 aliphatic rings. The fourth-order valence-corrected chi connectivity index (χ4v) is 2.91. The van der Waals surface area contributed by atoms with E-state index in [0.717, 1.165) is 24.3 Å². The van der Waals surface area contributed by atoms with Crippen LogP contribution in [0.3, 0.4) is 0 Å². The third-order valence-electron chi connectivity index (χ3n) is 2.65. The summed E-state index contributed by atoms with van der Waals surface area (Å²) in [5, 5.41) is 2.60. The first kappa shape index (κ1) is 10.8. The number of thioether (sulfide) groups is 1. The van der Waals surface area contributed by atoms with Crippen LogP contribution in [0.15, 0.2) is 23.1 Å². The summed E-state index contributed by atoms with van der Waals surface area (Å²) in [5.41, 5.74) is 2.21. The van der Waals surface area contributed by atoms with Crippen LogP contribution in [0.4, 0.5) is 0 Å². The predicted octanol–water partition coefficient (Wildman–Crippen LogP) is 2.11. The number of benzene rings is 1. The van der Waals surface area contributed by atoms with E-state index in [2.05, 4.69) is 11.4 Å². The molecule has 1 aromatic rings. The van der Waals surface area contributed by atoms with Crippen molar-refractivity contribution in [2.24, 2.45) is 0 Å². The van der Waals surface area contributed by atoms with Crippen molar-refractivity contribution in [1.29, 1.82) is 0 Å². The standard InChI is InChI=1S/C12H9NO2S2/c14-11-10(17-12(16)13-11)6-7-1-2-9-8(5-7)3-4-15-9/h1-2,5-6H,3-4H2,(H,13,14,16)/b10-6+. The molecule has 3 rings (SSSR count). The van der Waals surface area contributed by atoms with Crippen molar-refractivity contribution < 1.29 is 9.53 Å². The Labute approximate surface area is 108 Å². The van der Waals surface area contributed by atoms with E-state index in [-0.39, 0.29) is 5.91 Å². The van der Waals surface area contributed by atoms with Crippen molar-refractivity contribution in [1.82, 2.24) is 5.32 Å². The Morgan fingerprint density at radius 1 is 1.47 bits per heavy atom. The van der Waals surface area contributed by atoms with Gasteiger partial charge in [0.15, 0.2) is 0 Å². The normalized spacial score (nSPS) is 20.4. The lowest BCUT2D eigenvalue weighted by molar-refractivity contribution is -0.115. The Balaban J connectivity index is 1.93. The molecule has 86 valence electrons. The van der Waals surface area contributed by atoms with Crippen LogP contribution in [0.2, 0.25) is 0 Å². The molecule has 1 fully saturated rings. The third-order valence-corrected chi connectivity index (χ3v) is 3.82. The maximum Gasteiger partial charge on any atom is 0.263 e. The van der Waals surface area contributed by atoms with Crippen LogP contribution in [-0.2, 0) is 11.2 Å². The average molecular weight is 263 g/mol. The Hall–Kier alpha value is -1.33. The van der Waals surface area contributed by atoms with Crippen LogP contribution in [0.25, 0.3) is 6.08 Å². The average Bonchev–Trinajstić information content (AvgIpc) is 2.85. The molecule has 0 spiro atoms. The van der Waals surface area contributed by atoms with Crippen LogP contribution in [0, 0.1) is 0 Å². The van der Waals surface area contributed by atoms with Crippen molar-refractivity contribution in [2.45, 2.75) is 6.42 Å². The summed E-state index contributed by atoms with van der Waals surface area (Å²) in [4.78, 5) is 12.2. The van der Waals surface area contributed by atoms with Gasteiger partial charge in [0.2, 0.25) is 0 Å². The lowest BCUT2D eigenvalue weighted by atomic mass is 10.1. The number of amides is 1. The second-order valence-electron chi connectivity index (χ2n) is 3.82. The van der Waals surface area contributed by atoms with Gasteiger partial charge in [-0.15, -0.1) is 0 Å². The number of hydrogen-bond donors (Lipinski definition) is 1. The van der Waals surface area contributed by atoms with Gasteiger partial charge in [0, 0.05) is 6.42 Å². The summed E-state index contributed by atoms with van der Waals surface area (Å²) in [5.74, 6) is 0.836. The molecule has 0 atom stereocenters. The molecule has 0 aliphatic carbocycles. The molecule has 1 amide bonds. The van der Waals surface area contributed by atoms with E-state index in [1.165, 1.54) is 17.3 Å². The first-order valence-corrected chi connectivity index (χ1v) is 6.45. The highest BCUT2D eigenvalue weighted by Crippen LogP contribution is 2.29. The fraction of sp³-hybridized carbons (Fsp3) is 0.167. The summed E-state index contributed by atoms with van der Waals surface area (Å²) in [7, 11) is 0. The van der Waals surface area contributed by atoms with E-state index in [1.807, 2.05) is 18.2 Å². The molecular formula is C12H9NO2S2. The highest BCUT2D eigenvalue weighted by Gasteiger charge is 2.22. The summed E-state index contributed by atoms with van der Waals surface area (Å²) in [6.45, 7) is 0.745. The van der Waals surface area contributed by atoms with Crippen molar-refractivity contribution in [3.8, 4) is 5.75 Å². The van der Waals surface area contributed by atoms with E-state index in [4.69, 9.17) is 17.0 Å². The Bertz CT molecular complexity index is 551. The van der Waals surface area contributed by atoms with E-state index in [1.54, 1.807) is 0 Å². The zero-order valence-electron chi connectivity index (χ0n) is 8.86. The predicted molar refractivity (Wildman–Crippen MR) is 71.9 cm³/mol. The molecule has 1 aromatic carbocycles. The second kappa shape index (κ2) is 4.16. The lowest BCUT2D eigenvalue weighted by Crippen LogP contribution is -2.17.